The van der Waals surface area contributed by atoms with Crippen LogP contribution in [0.5, 0.6) is 0 Å². The minimum absolute atomic E-state index is 0.161. The number of rotatable bonds is 11. The van der Waals surface area contributed by atoms with Gasteiger partial charge in [0, 0.05) is 43.7 Å². The third kappa shape index (κ3) is 6.62. The van der Waals surface area contributed by atoms with E-state index in [9.17, 15) is 8.78 Å². The summed E-state index contributed by atoms with van der Waals surface area (Å²) in [6.07, 6.45) is -1.53. The average Bonchev–Trinajstić information content (AvgIpc) is 2.63. The molecule has 0 aliphatic carbocycles. The highest BCUT2D eigenvalue weighted by Crippen LogP contribution is 2.20. The number of alkyl halides is 2. The van der Waals surface area contributed by atoms with Crippen LogP contribution >= 0.6 is 0 Å². The fraction of sp³-hybridized carbons (Fsp3) is 0.476. The van der Waals surface area contributed by atoms with Gasteiger partial charge in [-0.3, -0.25) is 4.99 Å². The summed E-state index contributed by atoms with van der Waals surface area (Å²) < 4.78 is 24.7. The van der Waals surface area contributed by atoms with Crippen LogP contribution in [0.4, 0.5) is 8.78 Å². The summed E-state index contributed by atoms with van der Waals surface area (Å²) in [7, 11) is 1.78. The minimum atomic E-state index is -2.30. The Balaban J connectivity index is 2.75. The van der Waals surface area contributed by atoms with E-state index in [1.807, 2.05) is 38.1 Å². The Kier molecular flexibility index (Phi) is 9.03. The zero-order valence-electron chi connectivity index (χ0n) is 16.4. The SMILES string of the molecule is C=C(NC(CC)/C(C)=N/CC)c1ccc(C(=C)N(C)CCC(F)F)cc1. The van der Waals surface area contributed by atoms with E-state index in [4.69, 9.17) is 0 Å². The summed E-state index contributed by atoms with van der Waals surface area (Å²) in [5, 5.41) is 3.43. The zero-order chi connectivity index (χ0) is 19.7. The molecule has 1 rings (SSSR count). The molecular formula is C21H31F2N3. The number of aliphatic imine (C=N–C) groups is 1. The summed E-state index contributed by atoms with van der Waals surface area (Å²) in [5.74, 6) is 0. The van der Waals surface area contributed by atoms with E-state index in [2.05, 4.69) is 30.4 Å². The topological polar surface area (TPSA) is 27.6 Å². The molecule has 0 aliphatic rings. The zero-order valence-corrected chi connectivity index (χ0v) is 16.4. The second kappa shape index (κ2) is 10.7. The lowest BCUT2D eigenvalue weighted by atomic mass is 10.1. The number of nitrogens with zero attached hydrogens (tertiary/aromatic N) is 2. The lowest BCUT2D eigenvalue weighted by molar-refractivity contribution is 0.129. The van der Waals surface area contributed by atoms with Gasteiger partial charge < -0.3 is 10.2 Å². The molecule has 0 fully saturated rings. The van der Waals surface area contributed by atoms with Gasteiger partial charge in [0.2, 0.25) is 6.43 Å². The van der Waals surface area contributed by atoms with E-state index < -0.39 is 6.43 Å². The lowest BCUT2D eigenvalue weighted by Gasteiger charge is -2.23. The molecule has 1 unspecified atom stereocenters. The monoisotopic (exact) mass is 363 g/mol. The minimum Gasteiger partial charge on any atom is -0.377 e. The number of hydrogen-bond acceptors (Lipinski definition) is 3. The van der Waals surface area contributed by atoms with Crippen molar-refractivity contribution in [3.63, 3.8) is 0 Å². The van der Waals surface area contributed by atoms with Crippen LogP contribution in [-0.4, -0.2) is 43.2 Å². The molecule has 0 spiro atoms. The van der Waals surface area contributed by atoms with Crippen LogP contribution in [0.3, 0.4) is 0 Å². The Morgan fingerprint density at radius 3 is 2.23 bits per heavy atom. The molecule has 1 aromatic carbocycles. The van der Waals surface area contributed by atoms with Gasteiger partial charge in [0.25, 0.3) is 0 Å². The van der Waals surface area contributed by atoms with Gasteiger partial charge in [0.05, 0.1) is 6.04 Å². The first-order chi connectivity index (χ1) is 12.3. The van der Waals surface area contributed by atoms with E-state index in [1.54, 1.807) is 11.9 Å². The van der Waals surface area contributed by atoms with Crippen LogP contribution in [0.15, 0.2) is 42.4 Å². The Morgan fingerprint density at radius 2 is 1.73 bits per heavy atom. The molecule has 0 aromatic heterocycles. The van der Waals surface area contributed by atoms with Crippen LogP contribution in [0.1, 0.15) is 44.7 Å². The molecule has 1 aromatic rings. The highest BCUT2D eigenvalue weighted by molar-refractivity contribution is 5.88. The van der Waals surface area contributed by atoms with Gasteiger partial charge in [-0.25, -0.2) is 8.78 Å². The quantitative estimate of drug-likeness (QED) is 0.556. The maximum atomic E-state index is 12.4. The summed E-state index contributed by atoms with van der Waals surface area (Å²) in [4.78, 5) is 6.23. The number of hydrogen-bond donors (Lipinski definition) is 1. The first kappa shape index (κ1) is 21.9. The van der Waals surface area contributed by atoms with Crippen molar-refractivity contribution in [3.05, 3.63) is 48.6 Å². The summed E-state index contributed by atoms with van der Waals surface area (Å²) >= 11 is 0. The smallest absolute Gasteiger partial charge is 0.240 e. The second-order valence-electron chi connectivity index (χ2n) is 6.32. The van der Waals surface area contributed by atoms with Crippen molar-refractivity contribution >= 4 is 17.1 Å². The number of benzene rings is 1. The highest BCUT2D eigenvalue weighted by Gasteiger charge is 2.12. The fourth-order valence-corrected chi connectivity index (χ4v) is 2.67. The number of nitrogens with one attached hydrogen (secondary N) is 1. The molecule has 0 bridgehead atoms. The lowest BCUT2D eigenvalue weighted by Crippen LogP contribution is -2.33. The molecule has 0 saturated carbocycles. The van der Waals surface area contributed by atoms with Crippen molar-refractivity contribution < 1.29 is 8.78 Å². The van der Waals surface area contributed by atoms with Gasteiger partial charge >= 0.3 is 0 Å². The van der Waals surface area contributed by atoms with Crippen LogP contribution < -0.4 is 5.32 Å². The highest BCUT2D eigenvalue weighted by atomic mass is 19.3. The molecule has 0 aliphatic heterocycles. The van der Waals surface area contributed by atoms with E-state index in [0.29, 0.717) is 0 Å². The predicted octanol–water partition coefficient (Wildman–Crippen LogP) is 5.06. The van der Waals surface area contributed by atoms with Gasteiger partial charge in [0.15, 0.2) is 0 Å². The molecular weight excluding hydrogens is 332 g/mol. The van der Waals surface area contributed by atoms with Crippen LogP contribution in [0.25, 0.3) is 11.4 Å². The molecule has 0 saturated heterocycles. The summed E-state index contributed by atoms with van der Waals surface area (Å²) in [6.45, 7) is 15.4. The van der Waals surface area contributed by atoms with Crippen LogP contribution in [0.2, 0.25) is 0 Å². The number of halogens is 2. The Hall–Kier alpha value is -2.17. The van der Waals surface area contributed by atoms with Crippen molar-refractivity contribution in [1.82, 2.24) is 10.2 Å². The molecule has 3 nitrogen and oxygen atoms in total. The van der Waals surface area contributed by atoms with Crippen LogP contribution in [-0.2, 0) is 0 Å². The standard InChI is InChI=1S/C21H31F2N3/c1-7-20(16(4)24-8-2)25-15(3)18-9-11-19(12-10-18)17(5)26(6)14-13-21(22)23/h9-12,20-21,25H,3,5,7-8,13-14H2,1-2,4,6H3/b24-16+. The molecule has 0 radical (unpaired) electrons. The van der Waals surface area contributed by atoms with Gasteiger partial charge in [-0.1, -0.05) is 44.3 Å². The van der Waals surface area contributed by atoms with Crippen molar-refractivity contribution in [3.8, 4) is 0 Å². The van der Waals surface area contributed by atoms with Gasteiger partial charge in [-0.15, -0.1) is 0 Å². The van der Waals surface area contributed by atoms with E-state index in [1.165, 1.54) is 0 Å². The Bertz CT molecular complexity index is 621. The fourth-order valence-electron chi connectivity index (χ4n) is 2.67. The normalized spacial score (nSPS) is 12.8. The van der Waals surface area contributed by atoms with Gasteiger partial charge in [-0.05, 0) is 31.4 Å². The molecule has 0 amide bonds. The van der Waals surface area contributed by atoms with Crippen LogP contribution in [0, 0.1) is 0 Å². The largest absolute Gasteiger partial charge is 0.377 e. The molecule has 144 valence electrons. The van der Waals surface area contributed by atoms with Crippen molar-refractivity contribution in [1.29, 1.82) is 0 Å². The molecule has 26 heavy (non-hydrogen) atoms. The first-order valence-corrected chi connectivity index (χ1v) is 9.05. The van der Waals surface area contributed by atoms with E-state index >= 15 is 0 Å². The summed E-state index contributed by atoms with van der Waals surface area (Å²) in [6, 6.07) is 7.98. The second-order valence-corrected chi connectivity index (χ2v) is 6.32. The molecule has 0 heterocycles. The van der Waals surface area contributed by atoms with Gasteiger partial charge in [-0.2, -0.15) is 0 Å². The van der Waals surface area contributed by atoms with Crippen molar-refractivity contribution in [2.24, 2.45) is 4.99 Å². The summed E-state index contributed by atoms with van der Waals surface area (Å²) in [5.41, 5.74) is 4.54. The van der Waals surface area contributed by atoms with E-state index in [0.717, 1.165) is 41.2 Å². The third-order valence-electron chi connectivity index (χ3n) is 4.38. The molecule has 1 N–H and O–H groups in total. The molecule has 1 atom stereocenters. The third-order valence-corrected chi connectivity index (χ3v) is 4.38. The van der Waals surface area contributed by atoms with E-state index in [-0.39, 0.29) is 19.0 Å². The predicted molar refractivity (Wildman–Crippen MR) is 109 cm³/mol. The first-order valence-electron chi connectivity index (χ1n) is 9.05. The Morgan fingerprint density at radius 1 is 1.15 bits per heavy atom. The Labute approximate surface area is 156 Å². The maximum Gasteiger partial charge on any atom is 0.240 e. The maximum absolute atomic E-state index is 12.4. The average molecular weight is 363 g/mol. The van der Waals surface area contributed by atoms with Crippen molar-refractivity contribution in [2.75, 3.05) is 20.1 Å². The van der Waals surface area contributed by atoms with Gasteiger partial charge in [0.1, 0.15) is 0 Å². The molecule has 5 heteroatoms. The van der Waals surface area contributed by atoms with Crippen molar-refractivity contribution in [2.45, 2.75) is 46.1 Å².